The molecular formula is C15H19N3O2. The molecule has 1 aliphatic carbocycles. The Morgan fingerprint density at radius 2 is 2.30 bits per heavy atom. The van der Waals surface area contributed by atoms with Crippen LogP contribution in [-0.4, -0.2) is 28.6 Å². The fraction of sp³-hybridized carbons (Fsp3) is 0.400. The van der Waals surface area contributed by atoms with E-state index >= 15 is 0 Å². The van der Waals surface area contributed by atoms with Crippen LogP contribution in [0.1, 0.15) is 29.8 Å². The van der Waals surface area contributed by atoms with Gasteiger partial charge < -0.3 is 21.1 Å². The van der Waals surface area contributed by atoms with Crippen LogP contribution in [0.25, 0.3) is 10.9 Å². The maximum atomic E-state index is 12.1. The largest absolute Gasteiger partial charge is 0.397 e. The Labute approximate surface area is 117 Å². The molecule has 20 heavy (non-hydrogen) atoms. The fourth-order valence-electron chi connectivity index (χ4n) is 2.88. The molecule has 1 aromatic heterocycles. The Kier molecular flexibility index (Phi) is 3.36. The van der Waals surface area contributed by atoms with E-state index in [0.717, 1.165) is 30.2 Å². The molecule has 1 aliphatic rings. The third-order valence-corrected chi connectivity index (χ3v) is 4.08. The Morgan fingerprint density at radius 3 is 3.00 bits per heavy atom. The Balaban J connectivity index is 1.71. The van der Waals surface area contributed by atoms with Gasteiger partial charge in [-0.1, -0.05) is 18.6 Å². The molecule has 1 heterocycles. The van der Waals surface area contributed by atoms with Gasteiger partial charge in [-0.25, -0.2) is 0 Å². The number of amides is 1. The van der Waals surface area contributed by atoms with Crippen LogP contribution in [0.15, 0.2) is 24.3 Å². The first kappa shape index (κ1) is 13.0. The summed E-state index contributed by atoms with van der Waals surface area (Å²) in [7, 11) is 0. The monoisotopic (exact) mass is 273 g/mol. The zero-order valence-electron chi connectivity index (χ0n) is 11.2. The number of carbonyl (C=O) groups excluding carboxylic acids is 1. The number of aromatic nitrogens is 1. The summed E-state index contributed by atoms with van der Waals surface area (Å²) in [6, 6.07) is 7.38. The number of benzene rings is 1. The Bertz CT molecular complexity index is 635. The van der Waals surface area contributed by atoms with E-state index < -0.39 is 0 Å². The number of anilines is 1. The van der Waals surface area contributed by atoms with E-state index in [0.29, 0.717) is 17.9 Å². The summed E-state index contributed by atoms with van der Waals surface area (Å²) in [4.78, 5) is 15.2. The van der Waals surface area contributed by atoms with Crippen LogP contribution in [0, 0.1) is 5.92 Å². The molecule has 5 N–H and O–H groups in total. The Morgan fingerprint density at radius 1 is 1.45 bits per heavy atom. The van der Waals surface area contributed by atoms with Crippen molar-refractivity contribution in [3.8, 4) is 0 Å². The van der Waals surface area contributed by atoms with Gasteiger partial charge in [0.25, 0.3) is 5.91 Å². The topological polar surface area (TPSA) is 91.1 Å². The molecule has 1 aromatic carbocycles. The molecule has 0 saturated heterocycles. The third kappa shape index (κ3) is 2.36. The van der Waals surface area contributed by atoms with E-state index in [1.807, 2.05) is 12.1 Å². The second-order valence-electron chi connectivity index (χ2n) is 5.46. The lowest BCUT2D eigenvalue weighted by atomic mass is 10.1. The van der Waals surface area contributed by atoms with E-state index in [-0.39, 0.29) is 17.9 Å². The number of aromatic amines is 1. The number of carbonyl (C=O) groups is 1. The number of nitrogen functional groups attached to an aromatic ring is 1. The summed E-state index contributed by atoms with van der Waals surface area (Å²) < 4.78 is 0. The van der Waals surface area contributed by atoms with Crippen molar-refractivity contribution in [3.05, 3.63) is 30.0 Å². The maximum Gasteiger partial charge on any atom is 0.267 e. The molecule has 2 aromatic rings. The molecular weight excluding hydrogens is 254 g/mol. The van der Waals surface area contributed by atoms with Gasteiger partial charge in [0.05, 0.1) is 17.3 Å². The highest BCUT2D eigenvalue weighted by molar-refractivity contribution is 6.00. The van der Waals surface area contributed by atoms with Crippen LogP contribution >= 0.6 is 0 Å². The molecule has 1 saturated carbocycles. The van der Waals surface area contributed by atoms with Gasteiger partial charge in [-0.3, -0.25) is 4.79 Å². The van der Waals surface area contributed by atoms with E-state index in [1.54, 1.807) is 12.1 Å². The average molecular weight is 273 g/mol. The number of hydrogen-bond acceptors (Lipinski definition) is 3. The minimum atomic E-state index is -0.284. The number of aliphatic hydroxyl groups excluding tert-OH is 1. The lowest BCUT2D eigenvalue weighted by Crippen LogP contribution is -2.32. The standard InChI is InChI=1S/C15H19N3O2/c16-11-5-1-3-9-7-12(18-14(9)11)15(20)17-8-10-4-2-6-13(10)19/h1,3,5,7,10,13,18-19H,2,4,6,8,16H2,(H,17,20). The van der Waals surface area contributed by atoms with Gasteiger partial charge in [0.1, 0.15) is 5.69 Å². The van der Waals surface area contributed by atoms with E-state index in [4.69, 9.17) is 5.73 Å². The second-order valence-corrected chi connectivity index (χ2v) is 5.46. The van der Waals surface area contributed by atoms with Crippen molar-refractivity contribution < 1.29 is 9.90 Å². The summed E-state index contributed by atoms with van der Waals surface area (Å²) in [5.74, 6) is 0.0214. The van der Waals surface area contributed by atoms with Crippen molar-refractivity contribution in [3.63, 3.8) is 0 Å². The smallest absolute Gasteiger partial charge is 0.267 e. The zero-order chi connectivity index (χ0) is 14.1. The lowest BCUT2D eigenvalue weighted by molar-refractivity contribution is 0.0913. The third-order valence-electron chi connectivity index (χ3n) is 4.08. The van der Waals surface area contributed by atoms with Crippen LogP contribution in [0.3, 0.4) is 0 Å². The molecule has 5 nitrogen and oxygen atoms in total. The van der Waals surface area contributed by atoms with Crippen LogP contribution < -0.4 is 11.1 Å². The highest BCUT2D eigenvalue weighted by Gasteiger charge is 2.25. The highest BCUT2D eigenvalue weighted by Crippen LogP contribution is 2.25. The van der Waals surface area contributed by atoms with Crippen LogP contribution in [0.5, 0.6) is 0 Å². The minimum Gasteiger partial charge on any atom is -0.397 e. The number of nitrogens with one attached hydrogen (secondary N) is 2. The summed E-state index contributed by atoms with van der Waals surface area (Å²) >= 11 is 0. The van der Waals surface area contributed by atoms with Crippen molar-refractivity contribution in [2.24, 2.45) is 5.92 Å². The number of fused-ring (bicyclic) bond motifs is 1. The van der Waals surface area contributed by atoms with E-state index in [2.05, 4.69) is 10.3 Å². The summed E-state index contributed by atoms with van der Waals surface area (Å²) in [5.41, 5.74) is 7.79. The van der Waals surface area contributed by atoms with E-state index in [1.165, 1.54) is 0 Å². The van der Waals surface area contributed by atoms with Crippen LogP contribution in [0.2, 0.25) is 0 Å². The van der Waals surface area contributed by atoms with Gasteiger partial charge in [-0.2, -0.15) is 0 Å². The zero-order valence-corrected chi connectivity index (χ0v) is 11.2. The molecule has 0 radical (unpaired) electrons. The number of H-pyrrole nitrogens is 1. The SMILES string of the molecule is Nc1cccc2cc(C(=O)NCC3CCCC3O)[nH]c12. The van der Waals surface area contributed by atoms with E-state index in [9.17, 15) is 9.90 Å². The summed E-state index contributed by atoms with van der Waals surface area (Å²) in [5, 5.41) is 13.6. The number of hydrogen-bond donors (Lipinski definition) is 4. The normalized spacial score (nSPS) is 22.2. The van der Waals surface area contributed by atoms with Crippen molar-refractivity contribution >= 4 is 22.5 Å². The Hall–Kier alpha value is -2.01. The molecule has 2 unspecified atom stereocenters. The number of rotatable bonds is 3. The number of nitrogens with two attached hydrogens (primary N) is 1. The number of aliphatic hydroxyl groups is 1. The maximum absolute atomic E-state index is 12.1. The fourth-order valence-corrected chi connectivity index (χ4v) is 2.88. The predicted molar refractivity (Wildman–Crippen MR) is 78.4 cm³/mol. The quantitative estimate of drug-likeness (QED) is 0.641. The van der Waals surface area contributed by atoms with Gasteiger partial charge in [-0.15, -0.1) is 0 Å². The first-order valence-electron chi connectivity index (χ1n) is 6.98. The van der Waals surface area contributed by atoms with Crippen molar-refractivity contribution in [2.75, 3.05) is 12.3 Å². The second kappa shape index (κ2) is 5.17. The van der Waals surface area contributed by atoms with Crippen molar-refractivity contribution in [1.82, 2.24) is 10.3 Å². The van der Waals surface area contributed by atoms with Gasteiger partial charge in [0, 0.05) is 17.8 Å². The molecule has 2 atom stereocenters. The van der Waals surface area contributed by atoms with Gasteiger partial charge in [0.2, 0.25) is 0 Å². The first-order valence-corrected chi connectivity index (χ1v) is 6.98. The molecule has 3 rings (SSSR count). The van der Waals surface area contributed by atoms with Crippen LogP contribution in [0.4, 0.5) is 5.69 Å². The molecule has 0 spiro atoms. The number of para-hydroxylation sites is 1. The molecule has 106 valence electrons. The minimum absolute atomic E-state index is 0.153. The highest BCUT2D eigenvalue weighted by atomic mass is 16.3. The summed E-state index contributed by atoms with van der Waals surface area (Å²) in [6.07, 6.45) is 2.56. The molecule has 0 aliphatic heterocycles. The van der Waals surface area contributed by atoms with Crippen LogP contribution in [-0.2, 0) is 0 Å². The molecule has 0 bridgehead atoms. The lowest BCUT2D eigenvalue weighted by Gasteiger charge is -2.14. The van der Waals surface area contributed by atoms with Gasteiger partial charge in [-0.05, 0) is 25.0 Å². The molecule has 1 fully saturated rings. The molecule has 1 amide bonds. The average Bonchev–Trinajstić information content (AvgIpc) is 3.03. The van der Waals surface area contributed by atoms with Gasteiger partial charge >= 0.3 is 0 Å². The summed E-state index contributed by atoms with van der Waals surface area (Å²) in [6.45, 7) is 0.519. The molecule has 5 heteroatoms. The first-order chi connectivity index (χ1) is 9.65. The van der Waals surface area contributed by atoms with Gasteiger partial charge in [0.15, 0.2) is 0 Å². The van der Waals surface area contributed by atoms with Crippen molar-refractivity contribution in [1.29, 1.82) is 0 Å². The van der Waals surface area contributed by atoms with Crippen molar-refractivity contribution in [2.45, 2.75) is 25.4 Å². The predicted octanol–water partition coefficient (Wildman–Crippen LogP) is 1.64.